The number of carbonyl (C=O) groups is 1. The van der Waals surface area contributed by atoms with E-state index in [-0.39, 0.29) is 0 Å². The van der Waals surface area contributed by atoms with E-state index in [4.69, 9.17) is 0 Å². The van der Waals surface area contributed by atoms with Gasteiger partial charge in [-0.1, -0.05) is 13.3 Å². The summed E-state index contributed by atoms with van der Waals surface area (Å²) in [4.78, 5) is 10.6. The maximum Gasteiger partial charge on any atom is 0.427 e. The van der Waals surface area contributed by atoms with Crippen LogP contribution in [0, 0.1) is 0 Å². The first-order valence-electron chi connectivity index (χ1n) is 3.75. The summed E-state index contributed by atoms with van der Waals surface area (Å²) in [5.41, 5.74) is 2.23. The number of unbranched alkanes of at least 4 members (excludes halogenated alkanes) is 1. The fourth-order valence-electron chi connectivity index (χ4n) is 0.455. The van der Waals surface area contributed by atoms with Crippen LogP contribution in [-0.2, 0) is 4.74 Å². The third kappa shape index (κ3) is 6.83. The highest BCUT2D eigenvalue weighted by molar-refractivity contribution is 5.68. The fraction of sp³-hybridized carbons (Fsp3) is 0.714. The molecule has 11 heavy (non-hydrogen) atoms. The van der Waals surface area contributed by atoms with Gasteiger partial charge in [0.05, 0.1) is 6.61 Å². The van der Waals surface area contributed by atoms with Crippen LogP contribution >= 0.6 is 0 Å². The van der Waals surface area contributed by atoms with Gasteiger partial charge in [0.1, 0.15) is 0 Å². The third-order valence-electron chi connectivity index (χ3n) is 0.940. The molecule has 0 aliphatic carbocycles. The summed E-state index contributed by atoms with van der Waals surface area (Å²) in [5.74, 6) is 0. The van der Waals surface area contributed by atoms with E-state index in [2.05, 4.69) is 15.3 Å². The number of nitrogens with zero attached hydrogens (tertiary/aromatic N) is 1. The fourth-order valence-corrected chi connectivity index (χ4v) is 0.455. The maximum absolute atomic E-state index is 10.6. The first-order chi connectivity index (χ1) is 5.31. The van der Waals surface area contributed by atoms with Crippen LogP contribution in [0.2, 0.25) is 0 Å². The van der Waals surface area contributed by atoms with Crippen LogP contribution in [0.3, 0.4) is 0 Å². The smallest absolute Gasteiger partial charge is 0.427 e. The minimum atomic E-state index is -0.500. The van der Waals surface area contributed by atoms with Crippen molar-refractivity contribution >= 4 is 12.3 Å². The SMILES string of the molecule is CCC/C=N/NC(=O)OCC. The molecule has 0 saturated carbocycles. The van der Waals surface area contributed by atoms with Crippen LogP contribution in [0.1, 0.15) is 26.7 Å². The van der Waals surface area contributed by atoms with Gasteiger partial charge in [0, 0.05) is 6.21 Å². The quantitative estimate of drug-likeness (QED) is 0.498. The molecule has 4 heteroatoms. The third-order valence-corrected chi connectivity index (χ3v) is 0.940. The monoisotopic (exact) mass is 158 g/mol. The molecule has 0 spiro atoms. The average molecular weight is 158 g/mol. The van der Waals surface area contributed by atoms with Crippen molar-refractivity contribution in [1.82, 2.24) is 5.43 Å². The van der Waals surface area contributed by atoms with Gasteiger partial charge in [0.2, 0.25) is 0 Å². The molecule has 0 heterocycles. The van der Waals surface area contributed by atoms with Crippen molar-refractivity contribution in [1.29, 1.82) is 0 Å². The van der Waals surface area contributed by atoms with Gasteiger partial charge >= 0.3 is 6.09 Å². The van der Waals surface area contributed by atoms with E-state index in [0.717, 1.165) is 12.8 Å². The molecule has 0 atom stereocenters. The molecule has 0 radical (unpaired) electrons. The summed E-state index contributed by atoms with van der Waals surface area (Å²) >= 11 is 0. The zero-order valence-electron chi connectivity index (χ0n) is 6.96. The number of hydrogen-bond donors (Lipinski definition) is 1. The minimum absolute atomic E-state index is 0.370. The lowest BCUT2D eigenvalue weighted by Crippen LogP contribution is -2.18. The lowest BCUT2D eigenvalue weighted by Gasteiger charge is -1.97. The summed E-state index contributed by atoms with van der Waals surface area (Å²) in [7, 11) is 0. The van der Waals surface area contributed by atoms with Crippen LogP contribution in [0.15, 0.2) is 5.10 Å². The Morgan fingerprint density at radius 1 is 1.64 bits per heavy atom. The van der Waals surface area contributed by atoms with Crippen molar-refractivity contribution in [2.24, 2.45) is 5.10 Å². The predicted octanol–water partition coefficient (Wildman–Crippen LogP) is 1.52. The number of hydrogen-bond acceptors (Lipinski definition) is 3. The van der Waals surface area contributed by atoms with Gasteiger partial charge in [0.25, 0.3) is 0 Å². The Balaban J connectivity index is 3.29. The normalized spacial score (nSPS) is 10.0. The first kappa shape index (κ1) is 9.94. The average Bonchev–Trinajstić information content (AvgIpc) is 1.99. The lowest BCUT2D eigenvalue weighted by molar-refractivity contribution is 0.152. The van der Waals surface area contributed by atoms with Gasteiger partial charge in [-0.25, -0.2) is 10.2 Å². The van der Waals surface area contributed by atoms with Crippen molar-refractivity contribution < 1.29 is 9.53 Å². The molecule has 0 aromatic heterocycles. The van der Waals surface area contributed by atoms with Gasteiger partial charge in [-0.3, -0.25) is 0 Å². The Morgan fingerprint density at radius 2 is 2.36 bits per heavy atom. The van der Waals surface area contributed by atoms with E-state index < -0.39 is 6.09 Å². The van der Waals surface area contributed by atoms with Crippen LogP contribution < -0.4 is 5.43 Å². The van der Waals surface area contributed by atoms with Crippen LogP contribution in [0.5, 0.6) is 0 Å². The number of rotatable bonds is 4. The number of nitrogens with one attached hydrogen (secondary N) is 1. The molecule has 0 aromatic carbocycles. The molecule has 0 aliphatic rings. The van der Waals surface area contributed by atoms with E-state index in [1.807, 2.05) is 6.92 Å². The Bertz CT molecular complexity index is 134. The highest BCUT2D eigenvalue weighted by Gasteiger charge is 1.93. The first-order valence-corrected chi connectivity index (χ1v) is 3.75. The molecule has 0 rings (SSSR count). The Kier molecular flexibility index (Phi) is 6.37. The summed E-state index contributed by atoms with van der Waals surface area (Å²) in [5, 5.41) is 3.63. The Morgan fingerprint density at radius 3 is 2.91 bits per heavy atom. The molecule has 0 unspecified atom stereocenters. The molecular weight excluding hydrogens is 144 g/mol. The van der Waals surface area contributed by atoms with Gasteiger partial charge in [0.15, 0.2) is 0 Å². The van der Waals surface area contributed by atoms with Crippen molar-refractivity contribution in [2.45, 2.75) is 26.7 Å². The van der Waals surface area contributed by atoms with Gasteiger partial charge < -0.3 is 4.74 Å². The van der Waals surface area contributed by atoms with E-state index in [1.165, 1.54) is 0 Å². The molecule has 4 nitrogen and oxygen atoms in total. The van der Waals surface area contributed by atoms with Crippen LogP contribution in [0.25, 0.3) is 0 Å². The van der Waals surface area contributed by atoms with Crippen LogP contribution in [0.4, 0.5) is 4.79 Å². The molecule has 0 aromatic rings. The highest BCUT2D eigenvalue weighted by Crippen LogP contribution is 1.80. The molecule has 0 bridgehead atoms. The standard InChI is InChI=1S/C7H14N2O2/c1-3-5-6-8-9-7(10)11-4-2/h6H,3-5H2,1-2H3,(H,9,10)/b8-6+. The second kappa shape index (κ2) is 7.05. The number of ether oxygens (including phenoxy) is 1. The topological polar surface area (TPSA) is 50.7 Å². The predicted molar refractivity (Wildman–Crippen MR) is 43.6 cm³/mol. The largest absolute Gasteiger partial charge is 0.449 e. The summed E-state index contributed by atoms with van der Waals surface area (Å²) in [6, 6.07) is 0. The second-order valence-corrected chi connectivity index (χ2v) is 1.93. The zero-order valence-corrected chi connectivity index (χ0v) is 6.96. The maximum atomic E-state index is 10.6. The van der Waals surface area contributed by atoms with Crippen molar-refractivity contribution in [3.05, 3.63) is 0 Å². The van der Waals surface area contributed by atoms with Crippen molar-refractivity contribution in [3.63, 3.8) is 0 Å². The molecular formula is C7H14N2O2. The van der Waals surface area contributed by atoms with E-state index in [9.17, 15) is 4.79 Å². The van der Waals surface area contributed by atoms with E-state index >= 15 is 0 Å². The molecule has 1 amide bonds. The number of amides is 1. The number of carbonyl (C=O) groups excluding carboxylic acids is 1. The Labute approximate surface area is 66.6 Å². The highest BCUT2D eigenvalue weighted by atomic mass is 16.5. The van der Waals surface area contributed by atoms with Gasteiger partial charge in [-0.15, -0.1) is 0 Å². The molecule has 0 aliphatic heterocycles. The Hall–Kier alpha value is -1.06. The molecule has 0 saturated heterocycles. The van der Waals surface area contributed by atoms with E-state index in [0.29, 0.717) is 6.61 Å². The molecule has 1 N–H and O–H groups in total. The van der Waals surface area contributed by atoms with Crippen molar-refractivity contribution in [3.8, 4) is 0 Å². The summed E-state index contributed by atoms with van der Waals surface area (Å²) < 4.78 is 4.56. The number of hydrazone groups is 1. The van der Waals surface area contributed by atoms with Gasteiger partial charge in [-0.05, 0) is 13.3 Å². The van der Waals surface area contributed by atoms with Gasteiger partial charge in [-0.2, -0.15) is 5.10 Å². The van der Waals surface area contributed by atoms with E-state index in [1.54, 1.807) is 13.1 Å². The second-order valence-electron chi connectivity index (χ2n) is 1.93. The summed E-state index contributed by atoms with van der Waals surface area (Å²) in [6.45, 7) is 4.15. The molecule has 64 valence electrons. The van der Waals surface area contributed by atoms with Crippen molar-refractivity contribution in [2.75, 3.05) is 6.61 Å². The summed E-state index contributed by atoms with van der Waals surface area (Å²) in [6.07, 6.45) is 3.04. The minimum Gasteiger partial charge on any atom is -0.449 e. The zero-order chi connectivity index (χ0) is 8.53. The molecule has 0 fully saturated rings. The lowest BCUT2D eigenvalue weighted by atomic mass is 10.4. The van der Waals surface area contributed by atoms with Crippen LogP contribution in [-0.4, -0.2) is 18.9 Å².